The van der Waals surface area contributed by atoms with Crippen LogP contribution in [0.2, 0.25) is 0 Å². The molecule has 1 aliphatic rings. The van der Waals surface area contributed by atoms with Crippen LogP contribution >= 0.6 is 0 Å². The van der Waals surface area contributed by atoms with Crippen LogP contribution in [0.15, 0.2) is 42.9 Å². The van der Waals surface area contributed by atoms with Gasteiger partial charge in [-0.2, -0.15) is 5.10 Å². The molecule has 0 aliphatic carbocycles. The molecule has 0 unspecified atom stereocenters. The number of hydrogen-bond donors (Lipinski definition) is 2. The third-order valence-electron chi connectivity index (χ3n) is 6.30. The highest BCUT2D eigenvalue weighted by molar-refractivity contribution is 5.74. The Balaban J connectivity index is 1.37. The summed E-state index contributed by atoms with van der Waals surface area (Å²) in [7, 11) is 1.99. The molecule has 1 aliphatic heterocycles. The van der Waals surface area contributed by atoms with Crippen LogP contribution in [0.4, 0.5) is 10.6 Å². The third kappa shape index (κ3) is 5.72. The van der Waals surface area contributed by atoms with E-state index in [2.05, 4.69) is 54.6 Å². The van der Waals surface area contributed by atoms with E-state index in [1.807, 2.05) is 37.0 Å². The molecule has 0 saturated carbocycles. The van der Waals surface area contributed by atoms with E-state index < -0.39 is 0 Å². The van der Waals surface area contributed by atoms with Gasteiger partial charge in [0.2, 0.25) is 0 Å². The number of nitrogens with zero attached hydrogens (tertiary/aromatic N) is 6. The standard InChI is InChI=1S/C25H34N8O/c1-4-9-28-25(34)29-16-20-5-7-21(8-6-20)23-24(27-11-10-26-23)33-14-12-32(13-15-33)18-22-17-30-31(3)19(22)2/h5-8,10-11,17H,4,9,12-16,18H2,1-3H3,(H2,28,29,34). The highest BCUT2D eigenvalue weighted by Gasteiger charge is 2.22. The molecular formula is C25H34N8O. The monoisotopic (exact) mass is 462 g/mol. The molecule has 2 N–H and O–H groups in total. The van der Waals surface area contributed by atoms with Crippen molar-refractivity contribution in [3.05, 3.63) is 59.7 Å². The van der Waals surface area contributed by atoms with Crippen LogP contribution in [0.1, 0.15) is 30.2 Å². The van der Waals surface area contributed by atoms with E-state index in [-0.39, 0.29) is 6.03 Å². The van der Waals surface area contributed by atoms with E-state index in [4.69, 9.17) is 0 Å². The lowest BCUT2D eigenvalue weighted by molar-refractivity contribution is 0.240. The number of anilines is 1. The van der Waals surface area contributed by atoms with Crippen molar-refractivity contribution in [2.45, 2.75) is 33.4 Å². The molecule has 0 radical (unpaired) electrons. The van der Waals surface area contributed by atoms with Gasteiger partial charge in [-0.3, -0.25) is 14.6 Å². The molecule has 9 nitrogen and oxygen atoms in total. The van der Waals surface area contributed by atoms with Gasteiger partial charge in [0, 0.05) is 82.1 Å². The van der Waals surface area contributed by atoms with Crippen molar-refractivity contribution in [3.63, 3.8) is 0 Å². The molecular weight excluding hydrogens is 428 g/mol. The number of nitrogens with one attached hydrogen (secondary N) is 2. The minimum Gasteiger partial charge on any atom is -0.352 e. The van der Waals surface area contributed by atoms with Crippen molar-refractivity contribution < 1.29 is 4.79 Å². The molecule has 4 rings (SSSR count). The summed E-state index contributed by atoms with van der Waals surface area (Å²) in [6.07, 6.45) is 6.40. The molecule has 0 spiro atoms. The maximum atomic E-state index is 11.8. The van der Waals surface area contributed by atoms with Gasteiger partial charge >= 0.3 is 6.03 Å². The lowest BCUT2D eigenvalue weighted by atomic mass is 10.1. The fourth-order valence-corrected chi connectivity index (χ4v) is 4.09. The van der Waals surface area contributed by atoms with E-state index in [0.717, 1.165) is 61.8 Å². The van der Waals surface area contributed by atoms with Gasteiger partial charge in [-0.1, -0.05) is 31.2 Å². The van der Waals surface area contributed by atoms with Crippen molar-refractivity contribution in [1.82, 2.24) is 35.3 Å². The molecule has 34 heavy (non-hydrogen) atoms. The predicted molar refractivity (Wildman–Crippen MR) is 133 cm³/mol. The lowest BCUT2D eigenvalue weighted by Crippen LogP contribution is -2.46. The number of benzene rings is 1. The van der Waals surface area contributed by atoms with Gasteiger partial charge in [-0.05, 0) is 18.9 Å². The number of piperazine rings is 1. The summed E-state index contributed by atoms with van der Waals surface area (Å²) >= 11 is 0. The molecule has 9 heteroatoms. The van der Waals surface area contributed by atoms with Crippen molar-refractivity contribution >= 4 is 11.8 Å². The summed E-state index contributed by atoms with van der Waals surface area (Å²) in [5, 5.41) is 10.1. The second-order valence-corrected chi connectivity index (χ2v) is 8.68. The van der Waals surface area contributed by atoms with E-state index in [1.165, 1.54) is 11.3 Å². The highest BCUT2D eigenvalue weighted by atomic mass is 16.2. The number of carbonyl (C=O) groups is 1. The van der Waals surface area contributed by atoms with Crippen LogP contribution < -0.4 is 15.5 Å². The molecule has 180 valence electrons. The molecule has 1 saturated heterocycles. The zero-order chi connectivity index (χ0) is 23.9. The van der Waals surface area contributed by atoms with Gasteiger partial charge < -0.3 is 15.5 Å². The number of aryl methyl sites for hydroxylation is 1. The van der Waals surface area contributed by atoms with Gasteiger partial charge in [-0.25, -0.2) is 9.78 Å². The number of aromatic nitrogens is 4. The first kappa shape index (κ1) is 23.7. The fourth-order valence-electron chi connectivity index (χ4n) is 4.09. The molecule has 3 aromatic rings. The second-order valence-electron chi connectivity index (χ2n) is 8.68. The minimum atomic E-state index is -0.139. The largest absolute Gasteiger partial charge is 0.352 e. The summed E-state index contributed by atoms with van der Waals surface area (Å²) in [6, 6.07) is 8.02. The molecule has 3 heterocycles. The van der Waals surface area contributed by atoms with Crippen LogP contribution in [0.25, 0.3) is 11.3 Å². The SMILES string of the molecule is CCCNC(=O)NCc1ccc(-c2nccnc2N2CCN(Cc3cnn(C)c3C)CC2)cc1. The number of amides is 2. The van der Waals surface area contributed by atoms with E-state index in [9.17, 15) is 4.79 Å². The summed E-state index contributed by atoms with van der Waals surface area (Å²) in [4.78, 5) is 25.9. The normalized spacial score (nSPS) is 14.3. The van der Waals surface area contributed by atoms with Gasteiger partial charge in [0.1, 0.15) is 5.69 Å². The van der Waals surface area contributed by atoms with Crippen LogP contribution in [-0.4, -0.2) is 63.4 Å². The van der Waals surface area contributed by atoms with E-state index in [1.54, 1.807) is 12.4 Å². The maximum absolute atomic E-state index is 11.8. The Kier molecular flexibility index (Phi) is 7.74. The first-order valence-corrected chi connectivity index (χ1v) is 11.9. The van der Waals surface area contributed by atoms with Crippen LogP contribution in [-0.2, 0) is 20.1 Å². The molecule has 2 aromatic heterocycles. The smallest absolute Gasteiger partial charge is 0.315 e. The van der Waals surface area contributed by atoms with Gasteiger partial charge in [0.25, 0.3) is 0 Å². The average molecular weight is 463 g/mol. The predicted octanol–water partition coefficient (Wildman–Crippen LogP) is 2.72. The summed E-state index contributed by atoms with van der Waals surface area (Å²) in [5.74, 6) is 0.921. The average Bonchev–Trinajstić information content (AvgIpc) is 3.19. The van der Waals surface area contributed by atoms with Crippen LogP contribution in [0, 0.1) is 6.92 Å². The van der Waals surface area contributed by atoms with Crippen molar-refractivity contribution in [2.24, 2.45) is 7.05 Å². The van der Waals surface area contributed by atoms with Crippen molar-refractivity contribution in [3.8, 4) is 11.3 Å². The fraction of sp³-hybridized carbons (Fsp3) is 0.440. The Labute approximate surface area is 201 Å². The highest BCUT2D eigenvalue weighted by Crippen LogP contribution is 2.28. The molecule has 0 atom stereocenters. The lowest BCUT2D eigenvalue weighted by Gasteiger charge is -2.35. The number of hydrogen-bond acceptors (Lipinski definition) is 6. The van der Waals surface area contributed by atoms with Crippen LogP contribution in [0.5, 0.6) is 0 Å². The first-order valence-electron chi connectivity index (χ1n) is 11.9. The first-order chi connectivity index (χ1) is 16.5. The molecule has 0 bridgehead atoms. The van der Waals surface area contributed by atoms with E-state index >= 15 is 0 Å². The number of urea groups is 1. The Morgan fingerprint density at radius 1 is 1.03 bits per heavy atom. The van der Waals surface area contributed by atoms with Crippen LogP contribution in [0.3, 0.4) is 0 Å². The number of carbonyl (C=O) groups excluding carboxylic acids is 1. The van der Waals surface area contributed by atoms with Gasteiger partial charge in [0.05, 0.1) is 6.20 Å². The molecule has 1 aromatic carbocycles. The quantitative estimate of drug-likeness (QED) is 0.535. The topological polar surface area (TPSA) is 91.2 Å². The van der Waals surface area contributed by atoms with Gasteiger partial charge in [-0.15, -0.1) is 0 Å². The maximum Gasteiger partial charge on any atom is 0.315 e. The minimum absolute atomic E-state index is 0.139. The molecule has 2 amide bonds. The van der Waals surface area contributed by atoms with Gasteiger partial charge in [0.15, 0.2) is 5.82 Å². The summed E-state index contributed by atoms with van der Waals surface area (Å²) in [5.41, 5.74) is 5.46. The van der Waals surface area contributed by atoms with E-state index in [0.29, 0.717) is 13.1 Å². The number of rotatable bonds is 8. The Morgan fingerprint density at radius 2 is 1.76 bits per heavy atom. The van der Waals surface area contributed by atoms with Crippen molar-refractivity contribution in [1.29, 1.82) is 0 Å². The zero-order valence-corrected chi connectivity index (χ0v) is 20.3. The third-order valence-corrected chi connectivity index (χ3v) is 6.30. The zero-order valence-electron chi connectivity index (χ0n) is 20.3. The Morgan fingerprint density at radius 3 is 2.44 bits per heavy atom. The van der Waals surface area contributed by atoms with Crippen molar-refractivity contribution in [2.75, 3.05) is 37.6 Å². The second kappa shape index (κ2) is 11.1. The summed E-state index contributed by atoms with van der Waals surface area (Å²) in [6.45, 7) is 9.98. The molecule has 1 fully saturated rings. The Hall–Kier alpha value is -3.46. The Bertz CT molecular complexity index is 1090. The summed E-state index contributed by atoms with van der Waals surface area (Å²) < 4.78 is 1.93.